The fourth-order valence-corrected chi connectivity index (χ4v) is 3.55. The number of β-amino-alcohol motifs (C(OH)–C–C–N with tert-alkyl or cyclic N) is 1. The molecule has 27 heavy (non-hydrogen) atoms. The molecule has 8 heteroatoms. The normalized spacial score (nSPS) is 19.1. The van der Waals surface area contributed by atoms with Gasteiger partial charge in [0.25, 0.3) is 0 Å². The molecule has 1 saturated heterocycles. The summed E-state index contributed by atoms with van der Waals surface area (Å²) in [6, 6.07) is 9.63. The number of aliphatic hydroxyl groups excluding tert-OH is 1. The molecule has 0 amide bonds. The molecule has 1 N–H and O–H groups in total. The zero-order chi connectivity index (χ0) is 19.4. The van der Waals surface area contributed by atoms with Gasteiger partial charge in [0.1, 0.15) is 24.3 Å². The van der Waals surface area contributed by atoms with Crippen LogP contribution in [0.1, 0.15) is 11.7 Å². The third-order valence-electron chi connectivity index (χ3n) is 4.26. The van der Waals surface area contributed by atoms with Crippen molar-refractivity contribution in [1.29, 1.82) is 0 Å². The molecule has 0 radical (unpaired) electrons. The van der Waals surface area contributed by atoms with Crippen molar-refractivity contribution in [3.8, 4) is 5.75 Å². The summed E-state index contributed by atoms with van der Waals surface area (Å²) in [4.78, 5) is 2.03. The Morgan fingerprint density at radius 1 is 1.19 bits per heavy atom. The van der Waals surface area contributed by atoms with Gasteiger partial charge in [0.15, 0.2) is 0 Å². The van der Waals surface area contributed by atoms with Crippen LogP contribution in [0.15, 0.2) is 36.4 Å². The van der Waals surface area contributed by atoms with Crippen molar-refractivity contribution >= 4 is 34.8 Å². The summed E-state index contributed by atoms with van der Waals surface area (Å²) < 4.78 is 25.1. The maximum atomic E-state index is 13.8. The number of hydrogen-bond donors (Lipinski definition) is 1. The lowest BCUT2D eigenvalue weighted by Gasteiger charge is -2.34. The lowest BCUT2D eigenvalue weighted by Crippen LogP contribution is -2.43. The highest BCUT2D eigenvalue weighted by Crippen LogP contribution is 2.32. The molecule has 2 unspecified atom stereocenters. The zero-order valence-corrected chi connectivity index (χ0v) is 16.6. The van der Waals surface area contributed by atoms with E-state index in [1.807, 2.05) is 4.90 Å². The summed E-state index contributed by atoms with van der Waals surface area (Å²) in [6.45, 7) is 2.15. The Balaban J connectivity index is 1.55. The average molecular weight is 435 g/mol. The first-order valence-corrected chi connectivity index (χ1v) is 9.60. The Bertz CT molecular complexity index is 776. The molecular weight excluding hydrogens is 416 g/mol. The van der Waals surface area contributed by atoms with E-state index in [2.05, 4.69) is 0 Å². The van der Waals surface area contributed by atoms with Gasteiger partial charge in [-0.15, -0.1) is 0 Å². The van der Waals surface area contributed by atoms with Crippen molar-refractivity contribution < 1.29 is 19.0 Å². The number of aliphatic hydroxyl groups is 1. The highest BCUT2D eigenvalue weighted by molar-refractivity contribution is 6.35. The molecule has 146 valence electrons. The molecule has 1 heterocycles. The third-order valence-corrected chi connectivity index (χ3v) is 5.13. The minimum Gasteiger partial charge on any atom is -0.491 e. The molecule has 4 nitrogen and oxygen atoms in total. The number of hydrogen-bond acceptors (Lipinski definition) is 4. The van der Waals surface area contributed by atoms with E-state index in [9.17, 15) is 9.50 Å². The van der Waals surface area contributed by atoms with Crippen LogP contribution in [-0.4, -0.2) is 49.0 Å². The Morgan fingerprint density at radius 2 is 1.93 bits per heavy atom. The van der Waals surface area contributed by atoms with Gasteiger partial charge in [0.05, 0.1) is 17.7 Å². The van der Waals surface area contributed by atoms with Gasteiger partial charge in [-0.25, -0.2) is 4.39 Å². The van der Waals surface area contributed by atoms with Crippen LogP contribution in [0, 0.1) is 5.82 Å². The minimum atomic E-state index is -0.683. The zero-order valence-electron chi connectivity index (χ0n) is 14.4. The van der Waals surface area contributed by atoms with Gasteiger partial charge in [0, 0.05) is 35.2 Å². The minimum absolute atomic E-state index is 0.0220. The van der Waals surface area contributed by atoms with Gasteiger partial charge in [-0.3, -0.25) is 4.90 Å². The summed E-state index contributed by atoms with van der Waals surface area (Å²) in [5.74, 6) is 0.106. The fraction of sp³-hybridized carbons (Fsp3) is 0.368. The number of nitrogens with zero attached hydrogens (tertiary/aromatic N) is 1. The molecule has 3 rings (SSSR count). The van der Waals surface area contributed by atoms with Gasteiger partial charge in [0.2, 0.25) is 0 Å². The Labute approximate surface area is 172 Å². The first kappa shape index (κ1) is 20.6. The van der Waals surface area contributed by atoms with E-state index in [-0.39, 0.29) is 17.7 Å². The van der Waals surface area contributed by atoms with Gasteiger partial charge in [-0.1, -0.05) is 34.8 Å². The van der Waals surface area contributed by atoms with Gasteiger partial charge in [-0.05, 0) is 36.4 Å². The number of rotatable bonds is 6. The van der Waals surface area contributed by atoms with E-state index < -0.39 is 11.9 Å². The van der Waals surface area contributed by atoms with Crippen LogP contribution >= 0.6 is 34.8 Å². The van der Waals surface area contributed by atoms with Crippen molar-refractivity contribution in [2.45, 2.75) is 12.2 Å². The van der Waals surface area contributed by atoms with Crippen molar-refractivity contribution in [3.63, 3.8) is 0 Å². The number of benzene rings is 2. The van der Waals surface area contributed by atoms with E-state index in [0.29, 0.717) is 47.6 Å². The third kappa shape index (κ3) is 5.70. The van der Waals surface area contributed by atoms with Crippen LogP contribution in [0.2, 0.25) is 15.1 Å². The fourth-order valence-electron chi connectivity index (χ4n) is 2.92. The predicted molar refractivity (Wildman–Crippen MR) is 105 cm³/mol. The molecule has 2 atom stereocenters. The smallest absolute Gasteiger partial charge is 0.142 e. The van der Waals surface area contributed by atoms with E-state index in [1.54, 1.807) is 24.3 Å². The van der Waals surface area contributed by atoms with Crippen LogP contribution in [-0.2, 0) is 4.74 Å². The summed E-state index contributed by atoms with van der Waals surface area (Å²) in [6.07, 6.45) is -1.07. The largest absolute Gasteiger partial charge is 0.491 e. The molecule has 0 saturated carbocycles. The summed E-state index contributed by atoms with van der Waals surface area (Å²) in [5, 5.41) is 11.2. The summed E-state index contributed by atoms with van der Waals surface area (Å²) in [7, 11) is 0. The SMILES string of the molecule is OC(COc1ccc(Cl)cc1)CN1CCOC(c2cc(F)c(Cl)cc2Cl)C1. The van der Waals surface area contributed by atoms with E-state index in [1.165, 1.54) is 12.1 Å². The Hall–Kier alpha value is -1.08. The van der Waals surface area contributed by atoms with Crippen LogP contribution in [0.25, 0.3) is 0 Å². The highest BCUT2D eigenvalue weighted by Gasteiger charge is 2.26. The highest BCUT2D eigenvalue weighted by atomic mass is 35.5. The lowest BCUT2D eigenvalue weighted by molar-refractivity contribution is -0.0460. The Morgan fingerprint density at radius 3 is 2.67 bits per heavy atom. The molecule has 0 spiro atoms. The summed E-state index contributed by atoms with van der Waals surface area (Å²) in [5.41, 5.74) is 0.551. The van der Waals surface area contributed by atoms with Crippen molar-refractivity contribution in [3.05, 3.63) is 62.8 Å². The van der Waals surface area contributed by atoms with Gasteiger partial charge >= 0.3 is 0 Å². The lowest BCUT2D eigenvalue weighted by atomic mass is 10.1. The molecule has 0 aliphatic carbocycles. The topological polar surface area (TPSA) is 41.9 Å². The van der Waals surface area contributed by atoms with Crippen molar-refractivity contribution in [1.82, 2.24) is 4.90 Å². The average Bonchev–Trinajstić information content (AvgIpc) is 2.64. The number of halogens is 4. The predicted octanol–water partition coefficient (Wildman–Crippen LogP) is 4.60. The van der Waals surface area contributed by atoms with E-state index in [0.717, 1.165) is 0 Å². The molecular formula is C19H19Cl3FNO3. The maximum Gasteiger partial charge on any atom is 0.142 e. The molecule has 0 aromatic heterocycles. The quantitative estimate of drug-likeness (QED) is 0.675. The second-order valence-corrected chi connectivity index (χ2v) is 7.58. The first-order chi connectivity index (χ1) is 12.9. The molecule has 1 fully saturated rings. The number of morpholine rings is 1. The second-order valence-electron chi connectivity index (χ2n) is 6.33. The van der Waals surface area contributed by atoms with Crippen LogP contribution in [0.4, 0.5) is 4.39 Å². The standard InChI is InChI=1S/C19H19Cl3FNO3/c20-12-1-3-14(4-2-12)27-11-13(25)9-24-5-6-26-19(10-24)15-7-18(23)17(22)8-16(15)21/h1-4,7-8,13,19,25H,5-6,9-11H2. The van der Waals surface area contributed by atoms with Crippen LogP contribution in [0.3, 0.4) is 0 Å². The first-order valence-electron chi connectivity index (χ1n) is 8.47. The second kappa shape index (κ2) is 9.41. The van der Waals surface area contributed by atoms with Crippen molar-refractivity contribution in [2.24, 2.45) is 0 Å². The molecule has 2 aromatic rings. The molecule has 0 bridgehead atoms. The van der Waals surface area contributed by atoms with E-state index in [4.69, 9.17) is 44.3 Å². The van der Waals surface area contributed by atoms with Gasteiger partial charge in [-0.2, -0.15) is 0 Å². The Kier molecular flexibility index (Phi) is 7.20. The van der Waals surface area contributed by atoms with Crippen molar-refractivity contribution in [2.75, 3.05) is 32.8 Å². The molecule has 1 aliphatic heterocycles. The van der Waals surface area contributed by atoms with Crippen LogP contribution < -0.4 is 4.74 Å². The van der Waals surface area contributed by atoms with Gasteiger partial charge < -0.3 is 14.6 Å². The van der Waals surface area contributed by atoms with E-state index >= 15 is 0 Å². The van der Waals surface area contributed by atoms with Crippen LogP contribution in [0.5, 0.6) is 5.75 Å². The molecule has 2 aromatic carbocycles. The molecule has 1 aliphatic rings. The maximum absolute atomic E-state index is 13.8. The monoisotopic (exact) mass is 433 g/mol. The number of ether oxygens (including phenoxy) is 2. The summed E-state index contributed by atoms with van der Waals surface area (Å²) >= 11 is 17.8.